The van der Waals surface area contributed by atoms with Crippen molar-refractivity contribution in [1.82, 2.24) is 0 Å². The van der Waals surface area contributed by atoms with E-state index in [-0.39, 0.29) is 19.3 Å². The average Bonchev–Trinajstić information content (AvgIpc) is 2.30. The number of ether oxygens (including phenoxy) is 3. The molecule has 0 rings (SSSR count). The molecule has 0 aromatic heterocycles. The Hall–Kier alpha value is -5.87. The van der Waals surface area contributed by atoms with Gasteiger partial charge in [0.05, 0.1) is 26.4 Å². The number of aliphatic hydroxyl groups excluding tert-OH is 2. The van der Waals surface area contributed by atoms with E-state index in [0.29, 0.717) is 19.3 Å². The lowest BCUT2D eigenvalue weighted by Crippen LogP contribution is -2.30. The fourth-order valence-corrected chi connectivity index (χ4v) is 10.1. The Morgan fingerprint density at radius 2 is 0.505 bits per heavy atom. The molecule has 0 aromatic rings. The van der Waals surface area contributed by atoms with Crippen molar-refractivity contribution < 1.29 is 75.8 Å². The molecule has 0 bridgehead atoms. The number of phosphoric ester groups is 2. The van der Waals surface area contributed by atoms with Gasteiger partial charge in [-0.05, 0) is 167 Å². The summed E-state index contributed by atoms with van der Waals surface area (Å²) >= 11 is 0. The minimum Gasteiger partial charge on any atom is -0.463 e. The number of hydrogen-bond acceptors (Lipinski definition) is 14. The van der Waals surface area contributed by atoms with Crippen LogP contribution in [-0.4, -0.2) is 95.9 Å². The topological polar surface area (TPSA) is 231 Å². The van der Waals surface area contributed by atoms with Crippen LogP contribution in [0, 0.1) is 0 Å². The molecule has 0 aliphatic carbocycles. The fourth-order valence-electron chi connectivity index (χ4n) is 8.54. The van der Waals surface area contributed by atoms with Crippen molar-refractivity contribution in [2.45, 2.75) is 245 Å². The van der Waals surface area contributed by atoms with Gasteiger partial charge in [-0.15, -0.1) is 0 Å². The van der Waals surface area contributed by atoms with Crippen molar-refractivity contribution >= 4 is 33.6 Å². The van der Waals surface area contributed by atoms with E-state index in [9.17, 15) is 43.5 Å². The van der Waals surface area contributed by atoms with Crippen molar-refractivity contribution in [2.24, 2.45) is 0 Å². The Kier molecular flexibility index (Phi) is 67.7. The zero-order valence-electron chi connectivity index (χ0n) is 60.3. The molecule has 16 nitrogen and oxygen atoms in total. The molecule has 0 saturated heterocycles. The predicted octanol–water partition coefficient (Wildman–Crippen LogP) is 21.0. The first-order chi connectivity index (χ1) is 48.2. The highest BCUT2D eigenvalue weighted by atomic mass is 31.2. The van der Waals surface area contributed by atoms with Gasteiger partial charge in [0.15, 0.2) is 6.10 Å². The van der Waals surface area contributed by atoms with Crippen molar-refractivity contribution in [3.8, 4) is 0 Å². The van der Waals surface area contributed by atoms with Gasteiger partial charge in [0, 0.05) is 19.3 Å². The van der Waals surface area contributed by atoms with Crippen LogP contribution in [0.1, 0.15) is 226 Å². The summed E-state index contributed by atoms with van der Waals surface area (Å²) in [6, 6.07) is 0. The number of carbonyl (C=O) groups excluding carboxylic acids is 3. The first-order valence-electron chi connectivity index (χ1n) is 36.4. The number of phosphoric acid groups is 2. The van der Waals surface area contributed by atoms with Crippen LogP contribution in [0.2, 0.25) is 0 Å². The van der Waals surface area contributed by atoms with Gasteiger partial charge < -0.3 is 34.2 Å². The Labute approximate surface area is 597 Å². The molecule has 0 saturated carbocycles. The highest BCUT2D eigenvalue weighted by Gasteiger charge is 2.29. The van der Waals surface area contributed by atoms with E-state index in [4.69, 9.17) is 32.3 Å². The van der Waals surface area contributed by atoms with Crippen LogP contribution in [0.4, 0.5) is 0 Å². The van der Waals surface area contributed by atoms with Gasteiger partial charge in [0.1, 0.15) is 25.4 Å². The maximum Gasteiger partial charge on any atom is 0.472 e. The van der Waals surface area contributed by atoms with Crippen LogP contribution in [0.5, 0.6) is 0 Å². The Morgan fingerprint density at radius 1 is 0.283 bits per heavy atom. The molecule has 99 heavy (non-hydrogen) atoms. The second kappa shape index (κ2) is 71.9. The molecule has 5 unspecified atom stereocenters. The van der Waals surface area contributed by atoms with Gasteiger partial charge >= 0.3 is 33.6 Å². The number of carbonyl (C=O) groups is 3. The zero-order valence-corrected chi connectivity index (χ0v) is 62.1. The average molecular weight is 1420 g/mol. The third-order valence-electron chi connectivity index (χ3n) is 14.0. The summed E-state index contributed by atoms with van der Waals surface area (Å²) in [6.45, 7) is 2.16. The minimum atomic E-state index is -4.96. The molecule has 0 spiro atoms. The van der Waals surface area contributed by atoms with Crippen molar-refractivity contribution in [1.29, 1.82) is 0 Å². The standard InChI is InChI=1S/C81H126O16P2/c1-4-7-10-13-16-19-22-25-28-31-34-36-37-39-42-43-46-49-52-55-58-61-64-67-79(84)91-70-76(82)71-93-98(87,88)94-72-77(83)73-95-99(89,90)96-75-78(97-81(86)69-66-63-60-57-54-51-48-45-40-33-30-27-24-21-18-15-12-9-6-3)74-92-80(85)68-65-62-59-56-53-50-47-44-41-38-35-32-29-26-23-20-17-14-11-8-5-2/h7-12,16-21,25-30,34-36,38-40,42,44-47,49,51,53-54,56,76-78,82-83H,4-6,13-15,22-24,31-33,37,41,43,48,50,52,55,57-75H2,1-3H3,(H,87,88)(H,89,90)/b10-7-,11-8-,12-9-,19-16-,20-17-,21-18-,28-25-,29-26-,30-27-,36-34-,38-35-,42-39-,45-40-,47-44-,49-46-,54-51-,56-53-. The monoisotopic (exact) mass is 1420 g/mol. The third-order valence-corrected chi connectivity index (χ3v) is 15.9. The molecular weight excluding hydrogens is 1290 g/mol. The van der Waals surface area contributed by atoms with Crippen LogP contribution < -0.4 is 0 Å². The maximum atomic E-state index is 13.0. The quantitative estimate of drug-likeness (QED) is 0.0146. The first kappa shape index (κ1) is 93.1. The van der Waals surface area contributed by atoms with Crippen LogP contribution in [0.3, 0.4) is 0 Å². The fraction of sp³-hybridized carbons (Fsp3) is 0.543. The molecule has 18 heteroatoms. The zero-order chi connectivity index (χ0) is 72.3. The molecule has 5 atom stereocenters. The molecule has 0 aliphatic rings. The summed E-state index contributed by atoms with van der Waals surface area (Å²) in [5, 5.41) is 20.6. The van der Waals surface area contributed by atoms with Crippen molar-refractivity contribution in [2.75, 3.05) is 39.6 Å². The van der Waals surface area contributed by atoms with Gasteiger partial charge in [-0.1, -0.05) is 247 Å². The lowest BCUT2D eigenvalue weighted by atomic mass is 10.1. The van der Waals surface area contributed by atoms with Crippen LogP contribution in [0.25, 0.3) is 0 Å². The number of hydrogen-bond donors (Lipinski definition) is 4. The third kappa shape index (κ3) is 73.2. The second-order valence-corrected chi connectivity index (χ2v) is 26.1. The van der Waals surface area contributed by atoms with E-state index in [0.717, 1.165) is 167 Å². The summed E-state index contributed by atoms with van der Waals surface area (Å²) in [6.07, 6.45) is 94.4. The van der Waals surface area contributed by atoms with Crippen LogP contribution in [0.15, 0.2) is 207 Å². The molecule has 0 fully saturated rings. The Bertz CT molecular complexity index is 2630. The Balaban J connectivity index is 4.83. The molecule has 0 amide bonds. The molecule has 0 radical (unpaired) electrons. The number of aliphatic hydroxyl groups is 2. The lowest BCUT2D eigenvalue weighted by molar-refractivity contribution is -0.161. The van der Waals surface area contributed by atoms with E-state index >= 15 is 0 Å². The number of allylic oxidation sites excluding steroid dienone is 34. The normalized spacial score (nSPS) is 15.3. The summed E-state index contributed by atoms with van der Waals surface area (Å²) < 4.78 is 60.9. The lowest BCUT2D eigenvalue weighted by Gasteiger charge is -2.21. The van der Waals surface area contributed by atoms with Gasteiger partial charge in [0.25, 0.3) is 0 Å². The van der Waals surface area contributed by atoms with E-state index in [1.165, 1.54) is 0 Å². The SMILES string of the molecule is CC/C=C\C/C=C\C/C=C\C/C=C\C/C=C\C/C=C\CCCCCCC(=O)OCC(O)COP(=O)(O)OCC(O)COP(=O)(O)OCC(COC(=O)CCCC/C=C\C/C=C\C/C=C\C/C=C\C/C=C\C/C=C\CC)OC(=O)CCCCC/C=C\C/C=C\C/C=C\C/C=C\C/C=C\CC. The summed E-state index contributed by atoms with van der Waals surface area (Å²) in [5.74, 6) is -1.71. The predicted molar refractivity (Wildman–Crippen MR) is 407 cm³/mol. The smallest absolute Gasteiger partial charge is 0.463 e. The van der Waals surface area contributed by atoms with Crippen molar-refractivity contribution in [3.63, 3.8) is 0 Å². The molecule has 0 aromatic carbocycles. The highest BCUT2D eigenvalue weighted by Crippen LogP contribution is 2.45. The molecular formula is C81H126O16P2. The van der Waals surface area contributed by atoms with Gasteiger partial charge in [-0.3, -0.25) is 32.5 Å². The number of esters is 3. The summed E-state index contributed by atoms with van der Waals surface area (Å²) in [4.78, 5) is 58.5. The second-order valence-electron chi connectivity index (χ2n) is 23.2. The summed E-state index contributed by atoms with van der Waals surface area (Å²) in [7, 11) is -9.84. The van der Waals surface area contributed by atoms with Crippen LogP contribution >= 0.6 is 15.6 Å². The Morgan fingerprint density at radius 3 is 0.818 bits per heavy atom. The van der Waals surface area contributed by atoms with Crippen LogP contribution in [-0.2, 0) is 55.8 Å². The first-order valence-corrected chi connectivity index (χ1v) is 39.4. The van der Waals surface area contributed by atoms with E-state index in [1.54, 1.807) is 0 Å². The molecule has 556 valence electrons. The number of unbranched alkanes of at least 4 members (excludes halogenated alkanes) is 9. The van der Waals surface area contributed by atoms with Crippen molar-refractivity contribution in [3.05, 3.63) is 207 Å². The largest absolute Gasteiger partial charge is 0.472 e. The van der Waals surface area contributed by atoms with E-state index in [2.05, 4.69) is 227 Å². The highest BCUT2D eigenvalue weighted by molar-refractivity contribution is 7.47. The maximum absolute atomic E-state index is 13.0. The van der Waals surface area contributed by atoms with Gasteiger partial charge in [0.2, 0.25) is 0 Å². The molecule has 0 aliphatic heterocycles. The minimum absolute atomic E-state index is 0.0448. The van der Waals surface area contributed by atoms with Gasteiger partial charge in [-0.2, -0.15) is 0 Å². The number of rotatable bonds is 66. The summed E-state index contributed by atoms with van der Waals surface area (Å²) in [5.41, 5.74) is 0. The van der Waals surface area contributed by atoms with Gasteiger partial charge in [-0.25, -0.2) is 9.13 Å². The molecule has 0 heterocycles. The van der Waals surface area contributed by atoms with E-state index < -0.39 is 91.5 Å². The van der Waals surface area contributed by atoms with E-state index in [1.807, 2.05) is 0 Å². The molecule has 4 N–H and O–H groups in total.